The highest BCUT2D eigenvalue weighted by Gasteiger charge is 2.19. The third-order valence-corrected chi connectivity index (χ3v) is 4.75. The van der Waals surface area contributed by atoms with E-state index in [1.54, 1.807) is 54.6 Å². The molecular weight excluding hydrogens is 393 g/mol. The fourth-order valence-corrected chi connectivity index (χ4v) is 3.04. The highest BCUT2D eigenvalue weighted by molar-refractivity contribution is 6.30. The number of amides is 1. The van der Waals surface area contributed by atoms with Gasteiger partial charge in [-0.2, -0.15) is 0 Å². The molecule has 0 aliphatic carbocycles. The lowest BCUT2D eigenvalue weighted by atomic mass is 9.98. The molecule has 3 aromatic carbocycles. The van der Waals surface area contributed by atoms with E-state index in [4.69, 9.17) is 22.7 Å². The van der Waals surface area contributed by atoms with Crippen molar-refractivity contribution in [2.24, 2.45) is 0 Å². The summed E-state index contributed by atoms with van der Waals surface area (Å²) in [5.74, 6) is -0.834. The van der Waals surface area contributed by atoms with Gasteiger partial charge in [0, 0.05) is 21.8 Å². The lowest BCUT2D eigenvalue weighted by Gasteiger charge is -2.17. The summed E-state index contributed by atoms with van der Waals surface area (Å²) in [4.78, 5) is 12.7. The Balaban J connectivity index is 1.85. The first-order valence-corrected chi connectivity index (χ1v) is 9.22. The molecular formula is C22H20ClFN3O2+. The van der Waals surface area contributed by atoms with Crippen LogP contribution in [0.25, 0.3) is 0 Å². The zero-order valence-corrected chi connectivity index (χ0v) is 16.2. The summed E-state index contributed by atoms with van der Waals surface area (Å²) in [7, 11) is 0. The summed E-state index contributed by atoms with van der Waals surface area (Å²) in [6.07, 6.45) is 0. The highest BCUT2D eigenvalue weighted by atomic mass is 35.5. The minimum Gasteiger partial charge on any atom is -0.398 e. The van der Waals surface area contributed by atoms with Crippen molar-refractivity contribution in [2.45, 2.75) is 6.04 Å². The van der Waals surface area contributed by atoms with Crippen molar-refractivity contribution in [3.63, 3.8) is 0 Å². The third-order valence-electron chi connectivity index (χ3n) is 4.50. The van der Waals surface area contributed by atoms with Gasteiger partial charge < -0.3 is 16.2 Å². The van der Waals surface area contributed by atoms with Gasteiger partial charge >= 0.3 is 0 Å². The number of hydrogen-bond acceptors (Lipinski definition) is 3. The maximum absolute atomic E-state index is 13.5. The molecule has 1 amide bonds. The maximum Gasteiger partial charge on any atom is 0.251 e. The van der Waals surface area contributed by atoms with Crippen LogP contribution in [0.4, 0.5) is 10.1 Å². The van der Waals surface area contributed by atoms with Crippen LogP contribution < -0.4 is 16.5 Å². The Labute approximate surface area is 172 Å². The molecule has 3 rings (SSSR count). The molecule has 0 aliphatic heterocycles. The van der Waals surface area contributed by atoms with Crippen molar-refractivity contribution in [3.8, 4) is 0 Å². The minimum atomic E-state index is -0.606. The molecule has 0 aromatic heterocycles. The van der Waals surface area contributed by atoms with Crippen LogP contribution in [0.1, 0.15) is 33.1 Å². The second-order valence-electron chi connectivity index (χ2n) is 6.49. The fraction of sp³-hybridized carbons (Fsp3) is 0.0909. The van der Waals surface area contributed by atoms with Gasteiger partial charge in [-0.3, -0.25) is 10.2 Å². The first-order chi connectivity index (χ1) is 13.9. The van der Waals surface area contributed by atoms with E-state index in [0.717, 1.165) is 0 Å². The van der Waals surface area contributed by atoms with E-state index >= 15 is 0 Å². The van der Waals surface area contributed by atoms with E-state index in [9.17, 15) is 14.3 Å². The van der Waals surface area contributed by atoms with E-state index in [1.807, 2.05) is 0 Å². The van der Waals surface area contributed by atoms with Crippen LogP contribution in [-0.4, -0.2) is 23.3 Å². The number of nitrogens with one attached hydrogen (secondary N) is 1. The van der Waals surface area contributed by atoms with E-state index in [1.165, 1.54) is 12.1 Å². The molecule has 5 nitrogen and oxygen atoms in total. The average molecular weight is 413 g/mol. The largest absolute Gasteiger partial charge is 0.398 e. The number of nitrogens with two attached hydrogens (primary N) is 2. The number of anilines is 1. The Kier molecular flexibility index (Phi) is 6.26. The summed E-state index contributed by atoms with van der Waals surface area (Å²) in [5, 5.41) is 19.2. The number of carbonyl (C=O) groups is 1. The van der Waals surface area contributed by atoms with Crippen molar-refractivity contribution in [1.82, 2.24) is 5.32 Å². The number of aliphatic hydroxyl groups excluding tert-OH is 1. The second kappa shape index (κ2) is 8.86. The average Bonchev–Trinajstić information content (AvgIpc) is 2.72. The van der Waals surface area contributed by atoms with Crippen LogP contribution in [0.2, 0.25) is 5.02 Å². The quantitative estimate of drug-likeness (QED) is 0.368. The molecule has 1 atom stereocenters. The van der Waals surface area contributed by atoms with Gasteiger partial charge in [-0.1, -0.05) is 29.8 Å². The Hall–Kier alpha value is -3.22. The molecule has 29 heavy (non-hydrogen) atoms. The zero-order chi connectivity index (χ0) is 21.0. The van der Waals surface area contributed by atoms with Gasteiger partial charge in [0.15, 0.2) is 0 Å². The van der Waals surface area contributed by atoms with Crippen molar-refractivity contribution in [3.05, 3.63) is 99.8 Å². The standard InChI is InChI=1S/C22H19ClFN3O2/c23-16-7-4-13(5-8-16)20(12-28)27-22(29)15-6-9-19(25)18(11-15)21(26)14-2-1-3-17(24)10-14/h1-11,20,26,28H,12,25H2,(H,27,29)/p+1. The van der Waals surface area contributed by atoms with Gasteiger partial charge in [0.1, 0.15) is 5.82 Å². The number of nitrogen functional groups attached to an aromatic ring is 1. The summed E-state index contributed by atoms with van der Waals surface area (Å²) in [5.41, 5.74) is 8.55. The van der Waals surface area contributed by atoms with Crippen molar-refractivity contribution in [1.29, 1.82) is 0 Å². The first-order valence-electron chi connectivity index (χ1n) is 8.84. The topological polar surface area (TPSA) is 101 Å². The third kappa shape index (κ3) is 4.80. The predicted molar refractivity (Wildman–Crippen MR) is 111 cm³/mol. The van der Waals surface area contributed by atoms with E-state index in [-0.39, 0.29) is 12.3 Å². The van der Waals surface area contributed by atoms with E-state index in [2.05, 4.69) is 5.32 Å². The van der Waals surface area contributed by atoms with Crippen molar-refractivity contribution in [2.75, 3.05) is 12.3 Å². The van der Waals surface area contributed by atoms with Gasteiger partial charge in [-0.05, 0) is 54.1 Å². The molecule has 3 aromatic rings. The van der Waals surface area contributed by atoms with Gasteiger partial charge in [0.25, 0.3) is 5.91 Å². The second-order valence-corrected chi connectivity index (χ2v) is 6.92. The summed E-state index contributed by atoms with van der Waals surface area (Å²) in [6, 6.07) is 16.7. The molecule has 0 saturated heterocycles. The van der Waals surface area contributed by atoms with Crippen molar-refractivity contribution < 1.29 is 19.7 Å². The van der Waals surface area contributed by atoms with Gasteiger partial charge in [0.2, 0.25) is 5.71 Å². The Bertz CT molecular complexity index is 1050. The van der Waals surface area contributed by atoms with Crippen LogP contribution in [0.3, 0.4) is 0 Å². The molecule has 0 saturated carbocycles. The van der Waals surface area contributed by atoms with Crippen LogP contribution in [-0.2, 0) is 0 Å². The smallest absolute Gasteiger partial charge is 0.251 e. The van der Waals surface area contributed by atoms with Gasteiger partial charge in [0.05, 0.1) is 18.2 Å². The molecule has 1 unspecified atom stereocenters. The molecule has 0 fully saturated rings. The minimum absolute atomic E-state index is 0.257. The SMILES string of the molecule is Nc1ccc(C(=O)NC(CO)c2ccc(Cl)cc2)cc1C(=[NH2+])c1cccc(F)c1. The molecule has 0 aliphatic rings. The van der Waals surface area contributed by atoms with Crippen molar-refractivity contribution >= 4 is 28.9 Å². The molecule has 6 N–H and O–H groups in total. The number of hydrogen-bond donors (Lipinski definition) is 4. The highest BCUT2D eigenvalue weighted by Crippen LogP contribution is 2.20. The number of carbonyl (C=O) groups excluding carboxylic acids is 1. The maximum atomic E-state index is 13.5. The molecule has 0 radical (unpaired) electrons. The number of rotatable bonds is 6. The summed E-state index contributed by atoms with van der Waals surface area (Å²) >= 11 is 5.88. The zero-order valence-electron chi connectivity index (χ0n) is 15.4. The van der Waals surface area contributed by atoms with E-state index in [0.29, 0.717) is 33.0 Å². The Morgan fingerprint density at radius 2 is 1.83 bits per heavy atom. The predicted octanol–water partition coefficient (Wildman–Crippen LogP) is 2.12. The Morgan fingerprint density at radius 1 is 1.10 bits per heavy atom. The van der Waals surface area contributed by atoms with E-state index < -0.39 is 17.8 Å². The van der Waals surface area contributed by atoms with Gasteiger partial charge in [-0.15, -0.1) is 0 Å². The van der Waals surface area contributed by atoms with Crippen LogP contribution in [0.5, 0.6) is 0 Å². The molecule has 148 valence electrons. The summed E-state index contributed by atoms with van der Waals surface area (Å²) in [6.45, 7) is -0.285. The number of aliphatic hydroxyl groups is 1. The van der Waals surface area contributed by atoms with Crippen LogP contribution >= 0.6 is 11.6 Å². The normalized spacial score (nSPS) is 11.7. The summed E-state index contributed by atoms with van der Waals surface area (Å²) < 4.78 is 13.5. The lowest BCUT2D eigenvalue weighted by Crippen LogP contribution is -2.41. The first kappa shape index (κ1) is 20.5. The lowest BCUT2D eigenvalue weighted by molar-refractivity contribution is -0.111. The molecule has 7 heteroatoms. The monoisotopic (exact) mass is 412 g/mol. The molecule has 0 bridgehead atoms. The number of halogens is 2. The van der Waals surface area contributed by atoms with Gasteiger partial charge in [-0.25, -0.2) is 4.39 Å². The van der Waals surface area contributed by atoms with Crippen LogP contribution in [0, 0.1) is 5.82 Å². The molecule has 0 heterocycles. The fourth-order valence-electron chi connectivity index (χ4n) is 2.91. The molecule has 0 spiro atoms. The Morgan fingerprint density at radius 3 is 2.48 bits per heavy atom. The van der Waals surface area contributed by atoms with Crippen LogP contribution in [0.15, 0.2) is 66.7 Å². The number of benzene rings is 3.